The number of nitrogens with zero attached hydrogens (tertiary/aromatic N) is 1. The van der Waals surface area contributed by atoms with Crippen LogP contribution in [-0.2, 0) is 0 Å². The standard InChI is InChI=1S/C18H29FN2/c1-4-9-20-15(3)16-13-17(19)14(2)12-18(16)21-10-7-5-6-8-11-21/h12-13,15,20H,4-11H2,1-3H3. The van der Waals surface area contributed by atoms with Crippen LogP contribution in [0, 0.1) is 12.7 Å². The van der Waals surface area contributed by atoms with Gasteiger partial charge in [-0.3, -0.25) is 0 Å². The molecule has 1 N–H and O–H groups in total. The van der Waals surface area contributed by atoms with Gasteiger partial charge in [0.15, 0.2) is 0 Å². The molecule has 1 aliphatic rings. The number of aryl methyl sites for hydroxylation is 1. The summed E-state index contributed by atoms with van der Waals surface area (Å²) in [5.41, 5.74) is 3.08. The van der Waals surface area contributed by atoms with Crippen molar-refractivity contribution in [3.63, 3.8) is 0 Å². The second kappa shape index (κ2) is 7.79. The lowest BCUT2D eigenvalue weighted by Gasteiger charge is -2.28. The van der Waals surface area contributed by atoms with Crippen molar-refractivity contribution < 1.29 is 4.39 Å². The molecule has 0 radical (unpaired) electrons. The molecule has 0 aromatic heterocycles. The van der Waals surface area contributed by atoms with Crippen molar-refractivity contribution in [2.45, 2.75) is 58.9 Å². The first kappa shape index (κ1) is 16.3. The van der Waals surface area contributed by atoms with Crippen molar-refractivity contribution in [2.24, 2.45) is 0 Å². The van der Waals surface area contributed by atoms with Gasteiger partial charge in [-0.15, -0.1) is 0 Å². The van der Waals surface area contributed by atoms with E-state index in [2.05, 4.69) is 24.1 Å². The molecule has 1 heterocycles. The average Bonchev–Trinajstić information content (AvgIpc) is 2.76. The van der Waals surface area contributed by atoms with Gasteiger partial charge in [0, 0.05) is 24.8 Å². The summed E-state index contributed by atoms with van der Waals surface area (Å²) in [5.74, 6) is -0.0891. The Hall–Kier alpha value is -1.09. The van der Waals surface area contributed by atoms with Gasteiger partial charge in [-0.05, 0) is 62.9 Å². The summed E-state index contributed by atoms with van der Waals surface area (Å²) in [6.07, 6.45) is 6.21. The molecule has 0 aliphatic carbocycles. The number of nitrogens with one attached hydrogen (secondary N) is 1. The monoisotopic (exact) mass is 292 g/mol. The smallest absolute Gasteiger partial charge is 0.126 e. The van der Waals surface area contributed by atoms with Gasteiger partial charge in [0.1, 0.15) is 5.82 Å². The maximum absolute atomic E-state index is 14.0. The molecule has 1 unspecified atom stereocenters. The van der Waals surface area contributed by atoms with E-state index in [1.54, 1.807) is 6.07 Å². The molecule has 1 fully saturated rings. The maximum Gasteiger partial charge on any atom is 0.126 e. The van der Waals surface area contributed by atoms with E-state index in [0.29, 0.717) is 0 Å². The molecule has 118 valence electrons. The van der Waals surface area contributed by atoms with Crippen molar-refractivity contribution in [1.29, 1.82) is 0 Å². The van der Waals surface area contributed by atoms with Gasteiger partial charge in [0.2, 0.25) is 0 Å². The fourth-order valence-corrected chi connectivity index (χ4v) is 3.08. The van der Waals surface area contributed by atoms with E-state index in [-0.39, 0.29) is 11.9 Å². The molecule has 1 aromatic rings. The van der Waals surface area contributed by atoms with Crippen LogP contribution < -0.4 is 10.2 Å². The van der Waals surface area contributed by atoms with Gasteiger partial charge in [-0.25, -0.2) is 4.39 Å². The highest BCUT2D eigenvalue weighted by molar-refractivity contribution is 5.57. The summed E-state index contributed by atoms with van der Waals surface area (Å²) in [5, 5.41) is 3.50. The number of rotatable bonds is 5. The van der Waals surface area contributed by atoms with Crippen molar-refractivity contribution in [1.82, 2.24) is 5.32 Å². The number of anilines is 1. The van der Waals surface area contributed by atoms with Gasteiger partial charge >= 0.3 is 0 Å². The van der Waals surface area contributed by atoms with Gasteiger partial charge in [-0.2, -0.15) is 0 Å². The third kappa shape index (κ3) is 4.19. The summed E-state index contributed by atoms with van der Waals surface area (Å²) in [6, 6.07) is 3.97. The number of halogens is 1. The van der Waals surface area contributed by atoms with Crippen LogP contribution in [0.15, 0.2) is 12.1 Å². The van der Waals surface area contributed by atoms with E-state index in [4.69, 9.17) is 0 Å². The molecule has 0 spiro atoms. The van der Waals surface area contributed by atoms with E-state index in [9.17, 15) is 4.39 Å². The van der Waals surface area contributed by atoms with E-state index >= 15 is 0 Å². The third-order valence-electron chi connectivity index (χ3n) is 4.42. The van der Waals surface area contributed by atoms with Crippen LogP contribution in [0.1, 0.15) is 63.1 Å². The van der Waals surface area contributed by atoms with Crippen LogP contribution in [0.4, 0.5) is 10.1 Å². The van der Waals surface area contributed by atoms with Crippen LogP contribution in [0.2, 0.25) is 0 Å². The lowest BCUT2D eigenvalue weighted by Crippen LogP contribution is -2.28. The molecule has 1 saturated heterocycles. The molecule has 2 rings (SSSR count). The molecule has 0 saturated carbocycles. The highest BCUT2D eigenvalue weighted by Gasteiger charge is 2.19. The van der Waals surface area contributed by atoms with E-state index in [1.165, 1.54) is 31.4 Å². The normalized spacial score (nSPS) is 17.6. The minimum atomic E-state index is -0.0891. The Morgan fingerprint density at radius 1 is 1.19 bits per heavy atom. The van der Waals surface area contributed by atoms with Crippen LogP contribution in [0.25, 0.3) is 0 Å². The average molecular weight is 292 g/mol. The van der Waals surface area contributed by atoms with Crippen LogP contribution in [0.5, 0.6) is 0 Å². The molecule has 2 nitrogen and oxygen atoms in total. The minimum absolute atomic E-state index is 0.0891. The highest BCUT2D eigenvalue weighted by atomic mass is 19.1. The Balaban J connectivity index is 2.30. The first-order valence-corrected chi connectivity index (χ1v) is 8.42. The SMILES string of the molecule is CCCNC(C)c1cc(F)c(C)cc1N1CCCCCC1. The molecule has 1 aromatic carbocycles. The first-order valence-electron chi connectivity index (χ1n) is 8.42. The molecule has 1 atom stereocenters. The minimum Gasteiger partial charge on any atom is -0.371 e. The predicted molar refractivity (Wildman–Crippen MR) is 88.5 cm³/mol. The highest BCUT2D eigenvalue weighted by Crippen LogP contribution is 2.31. The fraction of sp³-hybridized carbons (Fsp3) is 0.667. The van der Waals surface area contributed by atoms with Gasteiger partial charge < -0.3 is 10.2 Å². The second-order valence-electron chi connectivity index (χ2n) is 6.24. The van der Waals surface area contributed by atoms with E-state index in [0.717, 1.165) is 37.2 Å². The second-order valence-corrected chi connectivity index (χ2v) is 6.24. The van der Waals surface area contributed by atoms with Crippen LogP contribution >= 0.6 is 0 Å². The zero-order valence-corrected chi connectivity index (χ0v) is 13.7. The van der Waals surface area contributed by atoms with Gasteiger partial charge in [0.05, 0.1) is 0 Å². The molecule has 21 heavy (non-hydrogen) atoms. The Morgan fingerprint density at radius 2 is 1.86 bits per heavy atom. The van der Waals surface area contributed by atoms with Crippen LogP contribution in [0.3, 0.4) is 0 Å². The van der Waals surface area contributed by atoms with Crippen LogP contribution in [-0.4, -0.2) is 19.6 Å². The Labute approximate surface area is 128 Å². The van der Waals surface area contributed by atoms with Crippen molar-refractivity contribution in [3.8, 4) is 0 Å². The summed E-state index contributed by atoms with van der Waals surface area (Å²) < 4.78 is 14.0. The summed E-state index contributed by atoms with van der Waals surface area (Å²) in [4.78, 5) is 2.46. The van der Waals surface area contributed by atoms with Gasteiger partial charge in [0.25, 0.3) is 0 Å². The summed E-state index contributed by atoms with van der Waals surface area (Å²) in [7, 11) is 0. The largest absolute Gasteiger partial charge is 0.371 e. The third-order valence-corrected chi connectivity index (χ3v) is 4.42. The number of hydrogen-bond donors (Lipinski definition) is 1. The number of hydrogen-bond acceptors (Lipinski definition) is 2. The Bertz CT molecular complexity index is 451. The predicted octanol–water partition coefficient (Wildman–Crippen LogP) is 4.58. The molecule has 1 aliphatic heterocycles. The van der Waals surface area contributed by atoms with Gasteiger partial charge in [-0.1, -0.05) is 19.8 Å². The Kier molecular flexibility index (Phi) is 6.04. The molecular formula is C18H29FN2. The molecule has 3 heteroatoms. The zero-order chi connectivity index (χ0) is 15.2. The fourth-order valence-electron chi connectivity index (χ4n) is 3.08. The van der Waals surface area contributed by atoms with E-state index < -0.39 is 0 Å². The quantitative estimate of drug-likeness (QED) is 0.855. The maximum atomic E-state index is 14.0. The summed E-state index contributed by atoms with van der Waals surface area (Å²) >= 11 is 0. The first-order chi connectivity index (χ1) is 10.1. The van der Waals surface area contributed by atoms with Crippen molar-refractivity contribution >= 4 is 5.69 Å². The number of benzene rings is 1. The molecule has 0 bridgehead atoms. The van der Waals surface area contributed by atoms with Crippen molar-refractivity contribution in [3.05, 3.63) is 29.1 Å². The topological polar surface area (TPSA) is 15.3 Å². The lowest BCUT2D eigenvalue weighted by molar-refractivity contribution is 0.558. The lowest BCUT2D eigenvalue weighted by atomic mass is 10.0. The molecular weight excluding hydrogens is 263 g/mol. The zero-order valence-electron chi connectivity index (χ0n) is 13.7. The Morgan fingerprint density at radius 3 is 2.48 bits per heavy atom. The molecule has 0 amide bonds. The van der Waals surface area contributed by atoms with E-state index in [1.807, 2.05) is 13.0 Å². The summed E-state index contributed by atoms with van der Waals surface area (Å²) in [6.45, 7) is 9.32. The van der Waals surface area contributed by atoms with Crippen molar-refractivity contribution in [2.75, 3.05) is 24.5 Å².